The zero-order chi connectivity index (χ0) is 15.0. The molecule has 21 heavy (non-hydrogen) atoms. The van der Waals surface area contributed by atoms with Crippen LogP contribution >= 0.6 is 0 Å². The van der Waals surface area contributed by atoms with E-state index in [9.17, 15) is 8.42 Å². The van der Waals surface area contributed by atoms with Crippen molar-refractivity contribution in [3.05, 3.63) is 47.8 Å². The first-order valence-electron chi connectivity index (χ1n) is 7.00. The van der Waals surface area contributed by atoms with Gasteiger partial charge < -0.3 is 10.7 Å². The Morgan fingerprint density at radius 1 is 1.38 bits per heavy atom. The number of nitrogens with two attached hydrogens (primary N) is 1. The average molecular weight is 305 g/mol. The molecule has 0 saturated carbocycles. The van der Waals surface area contributed by atoms with E-state index in [2.05, 4.69) is 11.9 Å². The third-order valence-corrected chi connectivity index (χ3v) is 5.59. The SMILES string of the molecule is CC1Cc2ccccc2N(S(=O)(=O)c2c[nH]c(CN)c2)C1. The number of anilines is 1. The number of aromatic nitrogens is 1. The third kappa shape index (κ3) is 2.45. The van der Waals surface area contributed by atoms with Crippen LogP contribution in [0.25, 0.3) is 0 Å². The molecule has 0 aliphatic carbocycles. The number of aromatic amines is 1. The van der Waals surface area contributed by atoms with E-state index in [1.54, 1.807) is 6.07 Å². The molecule has 1 aliphatic rings. The van der Waals surface area contributed by atoms with Gasteiger partial charge in [0.15, 0.2) is 0 Å². The maximum Gasteiger partial charge on any atom is 0.265 e. The second-order valence-corrected chi connectivity index (χ2v) is 7.40. The molecular weight excluding hydrogens is 286 g/mol. The number of fused-ring (bicyclic) bond motifs is 1. The van der Waals surface area contributed by atoms with Crippen molar-refractivity contribution in [2.75, 3.05) is 10.8 Å². The Morgan fingerprint density at radius 3 is 2.86 bits per heavy atom. The Hall–Kier alpha value is -1.79. The van der Waals surface area contributed by atoms with Crippen LogP contribution in [0.5, 0.6) is 0 Å². The Balaban J connectivity index is 2.07. The van der Waals surface area contributed by atoms with E-state index in [1.807, 2.05) is 24.3 Å². The van der Waals surface area contributed by atoms with Gasteiger partial charge in [-0.2, -0.15) is 0 Å². The molecule has 2 heterocycles. The zero-order valence-electron chi connectivity index (χ0n) is 11.9. The quantitative estimate of drug-likeness (QED) is 0.908. The van der Waals surface area contributed by atoms with Crippen LogP contribution in [0, 0.1) is 5.92 Å². The Bertz CT molecular complexity index is 752. The van der Waals surface area contributed by atoms with E-state index in [1.165, 1.54) is 10.5 Å². The first-order valence-corrected chi connectivity index (χ1v) is 8.44. The summed E-state index contributed by atoms with van der Waals surface area (Å²) in [7, 11) is -3.55. The van der Waals surface area contributed by atoms with Crippen LogP contribution in [0.4, 0.5) is 5.69 Å². The number of H-pyrrole nitrogens is 1. The fourth-order valence-electron chi connectivity index (χ4n) is 2.79. The second-order valence-electron chi connectivity index (χ2n) is 5.54. The first-order chi connectivity index (χ1) is 10.0. The summed E-state index contributed by atoms with van der Waals surface area (Å²) in [6.45, 7) is 2.87. The maximum absolute atomic E-state index is 12.9. The van der Waals surface area contributed by atoms with Crippen LogP contribution in [0.2, 0.25) is 0 Å². The van der Waals surface area contributed by atoms with Gasteiger partial charge in [-0.15, -0.1) is 0 Å². The van der Waals surface area contributed by atoms with Gasteiger partial charge in [-0.25, -0.2) is 8.42 Å². The molecule has 1 unspecified atom stereocenters. The van der Waals surface area contributed by atoms with Gasteiger partial charge in [-0.1, -0.05) is 25.1 Å². The molecule has 6 heteroatoms. The molecule has 3 N–H and O–H groups in total. The number of benzene rings is 1. The maximum atomic E-state index is 12.9. The van der Waals surface area contributed by atoms with Gasteiger partial charge in [0.25, 0.3) is 10.0 Å². The Morgan fingerprint density at radius 2 is 2.14 bits per heavy atom. The number of nitrogens with zero attached hydrogens (tertiary/aromatic N) is 1. The van der Waals surface area contributed by atoms with E-state index in [-0.39, 0.29) is 4.90 Å². The van der Waals surface area contributed by atoms with E-state index in [0.717, 1.165) is 17.7 Å². The molecule has 5 nitrogen and oxygen atoms in total. The van der Waals surface area contributed by atoms with Crippen molar-refractivity contribution in [2.45, 2.75) is 24.8 Å². The molecule has 0 radical (unpaired) electrons. The molecule has 0 amide bonds. The summed E-state index contributed by atoms with van der Waals surface area (Å²) in [5, 5.41) is 0. The molecule has 1 atom stereocenters. The molecule has 3 rings (SSSR count). The van der Waals surface area contributed by atoms with E-state index >= 15 is 0 Å². The van der Waals surface area contributed by atoms with Crippen LogP contribution in [0.1, 0.15) is 18.2 Å². The van der Waals surface area contributed by atoms with Gasteiger partial charge in [0.2, 0.25) is 0 Å². The predicted octanol–water partition coefficient (Wildman–Crippen LogP) is 1.86. The lowest BCUT2D eigenvalue weighted by Gasteiger charge is -2.33. The highest BCUT2D eigenvalue weighted by Crippen LogP contribution is 2.33. The molecule has 112 valence electrons. The number of rotatable bonds is 3. The summed E-state index contributed by atoms with van der Waals surface area (Å²) in [5.74, 6) is 0.294. The molecular formula is C15H19N3O2S. The third-order valence-electron chi connectivity index (χ3n) is 3.83. The second kappa shape index (κ2) is 5.20. The lowest BCUT2D eigenvalue weighted by molar-refractivity contribution is 0.545. The normalized spacial score (nSPS) is 18.6. The summed E-state index contributed by atoms with van der Waals surface area (Å²) in [5.41, 5.74) is 8.12. The van der Waals surface area contributed by atoms with Gasteiger partial charge in [0, 0.05) is 25.0 Å². The zero-order valence-corrected chi connectivity index (χ0v) is 12.7. The van der Waals surface area contributed by atoms with Crippen molar-refractivity contribution in [1.29, 1.82) is 0 Å². The first kappa shape index (κ1) is 14.2. The molecule has 2 aromatic rings. The van der Waals surface area contributed by atoms with Crippen LogP contribution in [0.15, 0.2) is 41.4 Å². The predicted molar refractivity (Wildman–Crippen MR) is 82.5 cm³/mol. The lowest BCUT2D eigenvalue weighted by atomic mass is 9.96. The number of para-hydroxylation sites is 1. The van der Waals surface area contributed by atoms with E-state index in [4.69, 9.17) is 5.73 Å². The van der Waals surface area contributed by atoms with Crippen molar-refractivity contribution >= 4 is 15.7 Å². The molecule has 0 saturated heterocycles. The van der Waals surface area contributed by atoms with E-state index in [0.29, 0.717) is 24.7 Å². The highest BCUT2D eigenvalue weighted by atomic mass is 32.2. The molecule has 0 bridgehead atoms. The Kier molecular flexibility index (Phi) is 3.51. The largest absolute Gasteiger partial charge is 0.363 e. The van der Waals surface area contributed by atoms with Crippen molar-refractivity contribution < 1.29 is 8.42 Å². The summed E-state index contributed by atoms with van der Waals surface area (Å²) in [6.07, 6.45) is 2.42. The molecule has 1 aliphatic heterocycles. The topological polar surface area (TPSA) is 79.2 Å². The molecule has 0 fully saturated rings. The highest BCUT2D eigenvalue weighted by Gasteiger charge is 2.32. The smallest absolute Gasteiger partial charge is 0.265 e. The van der Waals surface area contributed by atoms with Gasteiger partial charge in [0.05, 0.1) is 5.69 Å². The van der Waals surface area contributed by atoms with Crippen molar-refractivity contribution in [3.8, 4) is 0 Å². The van der Waals surface area contributed by atoms with Crippen LogP contribution in [-0.2, 0) is 23.0 Å². The van der Waals surface area contributed by atoms with E-state index < -0.39 is 10.0 Å². The standard InChI is InChI=1S/C15H19N3O2S/c1-11-6-12-4-2-3-5-15(12)18(10-11)21(19,20)14-7-13(8-16)17-9-14/h2-5,7,9,11,17H,6,8,10,16H2,1H3. The van der Waals surface area contributed by atoms with Crippen molar-refractivity contribution in [3.63, 3.8) is 0 Å². The fourth-order valence-corrected chi connectivity index (χ4v) is 4.43. The van der Waals surface area contributed by atoms with Crippen LogP contribution in [-0.4, -0.2) is 19.9 Å². The lowest BCUT2D eigenvalue weighted by Crippen LogP contribution is -2.39. The minimum atomic E-state index is -3.55. The summed E-state index contributed by atoms with van der Waals surface area (Å²) in [4.78, 5) is 3.18. The summed E-state index contributed by atoms with van der Waals surface area (Å²) >= 11 is 0. The Labute approximate surface area is 124 Å². The number of sulfonamides is 1. The summed E-state index contributed by atoms with van der Waals surface area (Å²) in [6, 6.07) is 9.30. The monoisotopic (exact) mass is 305 g/mol. The minimum Gasteiger partial charge on any atom is -0.363 e. The fraction of sp³-hybridized carbons (Fsp3) is 0.333. The number of hydrogen-bond acceptors (Lipinski definition) is 3. The molecule has 1 aromatic heterocycles. The van der Waals surface area contributed by atoms with Crippen LogP contribution < -0.4 is 10.0 Å². The van der Waals surface area contributed by atoms with Crippen molar-refractivity contribution in [1.82, 2.24) is 4.98 Å². The molecule has 1 aromatic carbocycles. The van der Waals surface area contributed by atoms with Gasteiger partial charge in [-0.3, -0.25) is 4.31 Å². The number of hydrogen-bond donors (Lipinski definition) is 2. The van der Waals surface area contributed by atoms with Crippen molar-refractivity contribution in [2.24, 2.45) is 11.7 Å². The summed E-state index contributed by atoms with van der Waals surface area (Å²) < 4.78 is 27.3. The van der Waals surface area contributed by atoms with Gasteiger partial charge in [-0.05, 0) is 30.0 Å². The highest BCUT2D eigenvalue weighted by molar-refractivity contribution is 7.92. The minimum absolute atomic E-state index is 0.270. The van der Waals surface area contributed by atoms with Gasteiger partial charge >= 0.3 is 0 Å². The number of nitrogens with one attached hydrogen (secondary N) is 1. The van der Waals surface area contributed by atoms with Crippen LogP contribution in [0.3, 0.4) is 0 Å². The molecule has 0 spiro atoms. The average Bonchev–Trinajstić information content (AvgIpc) is 2.96. The van der Waals surface area contributed by atoms with Gasteiger partial charge in [0.1, 0.15) is 4.90 Å².